The van der Waals surface area contributed by atoms with Crippen molar-refractivity contribution < 1.29 is 36.3 Å². The molecule has 2 saturated heterocycles. The Balaban J connectivity index is 1.67. The maximum Gasteiger partial charge on any atom is 0.446 e. The third kappa shape index (κ3) is 5.97. The van der Waals surface area contributed by atoms with E-state index in [1.165, 1.54) is 16.4 Å². The quantitative estimate of drug-likeness (QED) is 0.300. The molecule has 1 aromatic rings. The molecule has 9 nitrogen and oxygen atoms in total. The van der Waals surface area contributed by atoms with Crippen LogP contribution in [0.2, 0.25) is 0 Å². The third-order valence-corrected chi connectivity index (χ3v) is 9.66. The highest BCUT2D eigenvalue weighted by Crippen LogP contribution is 2.38. The van der Waals surface area contributed by atoms with Crippen LogP contribution < -0.4 is 10.4 Å². The van der Waals surface area contributed by atoms with E-state index in [1.807, 2.05) is 9.80 Å². The molecule has 34 heavy (non-hydrogen) atoms. The Morgan fingerprint density at radius 3 is 2.21 bits per heavy atom. The molecule has 2 N–H and O–H groups in total. The first kappa shape index (κ1) is 27.0. The summed E-state index contributed by atoms with van der Waals surface area (Å²) in [5.74, 6) is -0.931. The molecule has 0 unspecified atom stereocenters. The fourth-order valence-corrected chi connectivity index (χ4v) is 7.01. The number of carbonyl (C=O) groups excluding carboxylic acids is 1. The van der Waals surface area contributed by atoms with E-state index >= 15 is 0 Å². The van der Waals surface area contributed by atoms with Gasteiger partial charge in [0.15, 0.2) is 4.75 Å². The van der Waals surface area contributed by atoms with E-state index in [9.17, 15) is 31.6 Å². The predicted octanol–water partition coefficient (Wildman–Crippen LogP) is 1.74. The molecule has 0 bridgehead atoms. The molecule has 0 saturated carbocycles. The van der Waals surface area contributed by atoms with Crippen LogP contribution in [0.5, 0.6) is 0 Å². The van der Waals surface area contributed by atoms with Gasteiger partial charge in [-0.2, -0.15) is 17.5 Å². The molecule has 192 valence electrons. The molecular weight excluding hydrogens is 497 g/mol. The van der Waals surface area contributed by atoms with Crippen molar-refractivity contribution in [2.24, 2.45) is 0 Å². The number of benzene rings is 1. The zero-order chi connectivity index (χ0) is 25.0. The topological polar surface area (TPSA) is 102 Å². The number of piperidine rings is 1. The maximum absolute atomic E-state index is 13.6. The van der Waals surface area contributed by atoms with Crippen LogP contribution in [0.1, 0.15) is 12.8 Å². The van der Waals surface area contributed by atoms with Gasteiger partial charge in [0.05, 0.1) is 6.61 Å². The van der Waals surface area contributed by atoms with Crippen molar-refractivity contribution in [2.45, 2.75) is 28.0 Å². The van der Waals surface area contributed by atoms with Crippen LogP contribution in [-0.2, 0) is 19.6 Å². The number of halogens is 3. The minimum absolute atomic E-state index is 0.0456. The molecule has 1 amide bonds. The van der Waals surface area contributed by atoms with E-state index in [4.69, 9.17) is 4.74 Å². The van der Waals surface area contributed by atoms with E-state index in [0.717, 1.165) is 0 Å². The van der Waals surface area contributed by atoms with Crippen LogP contribution in [0, 0.1) is 0 Å². The summed E-state index contributed by atoms with van der Waals surface area (Å²) in [6.07, 6.45) is 0.0912. The predicted molar refractivity (Wildman–Crippen MR) is 121 cm³/mol. The van der Waals surface area contributed by atoms with Gasteiger partial charge >= 0.3 is 5.51 Å². The number of ether oxygens (including phenoxy) is 1. The number of thioether (sulfide) groups is 1. The van der Waals surface area contributed by atoms with Gasteiger partial charge in [0.25, 0.3) is 5.91 Å². The number of methoxy groups -OCH3 is 1. The lowest BCUT2D eigenvalue weighted by atomic mass is 9.95. The summed E-state index contributed by atoms with van der Waals surface area (Å²) in [5.41, 5.74) is -2.12. The van der Waals surface area contributed by atoms with Gasteiger partial charge < -0.3 is 14.5 Å². The average molecular weight is 527 g/mol. The number of amides is 1. The number of carbonyl (C=O) groups is 1. The summed E-state index contributed by atoms with van der Waals surface area (Å²) in [5, 5.41) is 9.31. The van der Waals surface area contributed by atoms with Gasteiger partial charge in [-0.25, -0.2) is 13.9 Å². The summed E-state index contributed by atoms with van der Waals surface area (Å²) in [4.78, 5) is 16.6. The number of alkyl halides is 3. The second-order valence-corrected chi connectivity index (χ2v) is 11.6. The molecule has 2 aliphatic heterocycles. The van der Waals surface area contributed by atoms with Crippen LogP contribution in [0.25, 0.3) is 0 Å². The summed E-state index contributed by atoms with van der Waals surface area (Å²) in [6.45, 7) is 2.74. The molecule has 0 aliphatic carbocycles. The van der Waals surface area contributed by atoms with E-state index < -0.39 is 26.2 Å². The number of hydrogen-bond donors (Lipinski definition) is 2. The van der Waals surface area contributed by atoms with Gasteiger partial charge in [-0.15, -0.1) is 0 Å². The fourth-order valence-electron chi connectivity index (χ4n) is 4.35. The molecule has 2 heterocycles. The lowest BCUT2D eigenvalue weighted by Crippen LogP contribution is -2.63. The van der Waals surface area contributed by atoms with Gasteiger partial charge in [-0.1, -0.05) is 0 Å². The Kier molecular flexibility index (Phi) is 8.74. The van der Waals surface area contributed by atoms with Crippen molar-refractivity contribution in [2.75, 3.05) is 64.4 Å². The van der Waals surface area contributed by atoms with Gasteiger partial charge in [-0.05, 0) is 48.9 Å². The van der Waals surface area contributed by atoms with Crippen molar-refractivity contribution in [1.82, 2.24) is 14.7 Å². The Labute approximate surface area is 201 Å². The molecule has 2 fully saturated rings. The largest absolute Gasteiger partial charge is 0.446 e. The van der Waals surface area contributed by atoms with E-state index in [2.05, 4.69) is 0 Å². The van der Waals surface area contributed by atoms with E-state index in [-0.39, 0.29) is 42.6 Å². The van der Waals surface area contributed by atoms with Gasteiger partial charge in [0.1, 0.15) is 0 Å². The van der Waals surface area contributed by atoms with Crippen LogP contribution in [0.15, 0.2) is 29.2 Å². The minimum Gasteiger partial charge on any atom is -0.383 e. The summed E-state index contributed by atoms with van der Waals surface area (Å²) < 4.78 is 69.3. The highest BCUT2D eigenvalue weighted by Gasteiger charge is 2.55. The second-order valence-electron chi connectivity index (χ2n) is 8.20. The van der Waals surface area contributed by atoms with Gasteiger partial charge in [0, 0.05) is 63.5 Å². The first-order valence-corrected chi connectivity index (χ1v) is 13.0. The number of likely N-dealkylation sites (tertiary alicyclic amines) is 1. The Morgan fingerprint density at radius 2 is 1.71 bits per heavy atom. The molecule has 3 rings (SSSR count). The van der Waals surface area contributed by atoms with Crippen molar-refractivity contribution in [3.8, 4) is 0 Å². The molecular formula is C20H29F3N4O5S2. The van der Waals surface area contributed by atoms with Crippen molar-refractivity contribution >= 4 is 33.4 Å². The van der Waals surface area contributed by atoms with Crippen LogP contribution in [0.3, 0.4) is 0 Å². The Hall–Kier alpha value is -1.58. The summed E-state index contributed by atoms with van der Waals surface area (Å²) in [6, 6.07) is 5.92. The molecule has 0 spiro atoms. The number of sulfonamides is 1. The highest BCUT2D eigenvalue weighted by molar-refractivity contribution is 8.00. The smallest absolute Gasteiger partial charge is 0.383 e. The van der Waals surface area contributed by atoms with Crippen LogP contribution >= 0.6 is 11.8 Å². The number of hydroxylamine groups is 1. The average Bonchev–Trinajstić information content (AvgIpc) is 2.82. The SMILES string of the molecule is COCCN1CCC(C(=O)NO)(S(=O)(=O)N2CCN(c3ccc(SC(F)(F)F)cc3)CC2)CC1. The second kappa shape index (κ2) is 11.0. The number of hydrogen-bond acceptors (Lipinski definition) is 8. The van der Waals surface area contributed by atoms with Gasteiger partial charge in [0.2, 0.25) is 10.0 Å². The molecule has 14 heteroatoms. The zero-order valence-electron chi connectivity index (χ0n) is 18.8. The lowest BCUT2D eigenvalue weighted by Gasteiger charge is -2.44. The van der Waals surface area contributed by atoms with E-state index in [0.29, 0.717) is 45.0 Å². The van der Waals surface area contributed by atoms with Crippen molar-refractivity contribution in [1.29, 1.82) is 0 Å². The number of nitrogens with zero attached hydrogens (tertiary/aromatic N) is 3. The molecule has 0 atom stereocenters. The standard InChI is InChI=1S/C20H29F3N4O5S2/c1-32-15-14-25-8-6-19(7-9-25,18(28)24-29)34(30,31)27-12-10-26(11-13-27)16-2-4-17(5-3-16)33-20(21,22)23/h2-5,29H,6-15H2,1H3,(H,24,28). The molecule has 2 aliphatic rings. The lowest BCUT2D eigenvalue weighted by molar-refractivity contribution is -0.133. The Bertz CT molecular complexity index is 931. The number of rotatable bonds is 8. The first-order valence-electron chi connectivity index (χ1n) is 10.8. The van der Waals surface area contributed by atoms with Crippen LogP contribution in [0.4, 0.5) is 18.9 Å². The number of anilines is 1. The molecule has 0 aromatic heterocycles. The molecule has 0 radical (unpaired) electrons. The molecule has 1 aromatic carbocycles. The van der Waals surface area contributed by atoms with Crippen molar-refractivity contribution in [3.05, 3.63) is 24.3 Å². The normalized spacial score (nSPS) is 20.3. The zero-order valence-corrected chi connectivity index (χ0v) is 20.4. The third-order valence-electron chi connectivity index (χ3n) is 6.30. The minimum atomic E-state index is -4.36. The number of piperazine rings is 1. The monoisotopic (exact) mass is 526 g/mol. The fraction of sp³-hybridized carbons (Fsp3) is 0.650. The maximum atomic E-state index is 13.6. The van der Waals surface area contributed by atoms with Gasteiger partial charge in [-0.3, -0.25) is 10.0 Å². The Morgan fingerprint density at radius 1 is 1.12 bits per heavy atom. The summed E-state index contributed by atoms with van der Waals surface area (Å²) >= 11 is -0.190. The number of nitrogens with one attached hydrogen (secondary N) is 1. The summed E-state index contributed by atoms with van der Waals surface area (Å²) in [7, 11) is -2.51. The van der Waals surface area contributed by atoms with E-state index in [1.54, 1.807) is 24.7 Å². The van der Waals surface area contributed by atoms with Crippen molar-refractivity contribution in [3.63, 3.8) is 0 Å². The first-order chi connectivity index (χ1) is 16.0. The van der Waals surface area contributed by atoms with Crippen LogP contribution in [-0.4, -0.2) is 98.5 Å². The highest BCUT2D eigenvalue weighted by atomic mass is 32.2.